The molecular formula is C15H30N2. The van der Waals surface area contributed by atoms with Gasteiger partial charge in [0.2, 0.25) is 0 Å². The summed E-state index contributed by atoms with van der Waals surface area (Å²) in [6.07, 6.45) is 11.4. The van der Waals surface area contributed by atoms with Crippen LogP contribution in [0.4, 0.5) is 0 Å². The van der Waals surface area contributed by atoms with Crippen LogP contribution in [0.3, 0.4) is 0 Å². The van der Waals surface area contributed by atoms with Gasteiger partial charge in [0, 0.05) is 12.1 Å². The third-order valence-electron chi connectivity index (χ3n) is 4.98. The number of likely N-dealkylation sites (tertiary alicyclic amines) is 1. The number of nitrogens with zero attached hydrogens (tertiary/aromatic N) is 1. The molecule has 2 fully saturated rings. The second kappa shape index (κ2) is 6.75. The van der Waals surface area contributed by atoms with E-state index in [2.05, 4.69) is 24.2 Å². The van der Waals surface area contributed by atoms with Crippen LogP contribution in [0.25, 0.3) is 0 Å². The van der Waals surface area contributed by atoms with E-state index in [4.69, 9.17) is 0 Å². The van der Waals surface area contributed by atoms with Gasteiger partial charge in [0.15, 0.2) is 0 Å². The molecule has 1 aliphatic carbocycles. The van der Waals surface area contributed by atoms with Gasteiger partial charge in [-0.05, 0) is 58.2 Å². The smallest absolute Gasteiger partial charge is 0.0251 e. The molecule has 2 heteroatoms. The highest BCUT2D eigenvalue weighted by Crippen LogP contribution is 2.31. The maximum absolute atomic E-state index is 3.57. The van der Waals surface area contributed by atoms with Crippen molar-refractivity contribution < 1.29 is 0 Å². The van der Waals surface area contributed by atoms with Crippen LogP contribution in [0.2, 0.25) is 0 Å². The quantitative estimate of drug-likeness (QED) is 0.813. The Morgan fingerprint density at radius 2 is 1.76 bits per heavy atom. The summed E-state index contributed by atoms with van der Waals surface area (Å²) >= 11 is 0. The van der Waals surface area contributed by atoms with E-state index < -0.39 is 0 Å². The molecule has 0 aromatic rings. The normalized spacial score (nSPS) is 36.7. The van der Waals surface area contributed by atoms with Gasteiger partial charge >= 0.3 is 0 Å². The van der Waals surface area contributed by atoms with Crippen molar-refractivity contribution in [2.75, 3.05) is 20.1 Å². The third-order valence-corrected chi connectivity index (χ3v) is 4.98. The van der Waals surface area contributed by atoms with Gasteiger partial charge in [0.05, 0.1) is 0 Å². The zero-order valence-corrected chi connectivity index (χ0v) is 11.8. The Hall–Kier alpha value is -0.0800. The molecule has 1 saturated heterocycles. The van der Waals surface area contributed by atoms with Gasteiger partial charge in [-0.2, -0.15) is 0 Å². The fourth-order valence-corrected chi connectivity index (χ4v) is 3.77. The summed E-state index contributed by atoms with van der Waals surface area (Å²) in [4.78, 5) is 2.80. The van der Waals surface area contributed by atoms with Crippen molar-refractivity contribution >= 4 is 0 Å². The molecule has 1 aliphatic heterocycles. The molecule has 3 atom stereocenters. The zero-order valence-electron chi connectivity index (χ0n) is 11.8. The molecule has 0 bridgehead atoms. The number of hydrogen-bond acceptors (Lipinski definition) is 2. The van der Waals surface area contributed by atoms with Gasteiger partial charge in [-0.15, -0.1) is 0 Å². The highest BCUT2D eigenvalue weighted by atomic mass is 15.2. The Morgan fingerprint density at radius 3 is 2.35 bits per heavy atom. The van der Waals surface area contributed by atoms with Crippen LogP contribution in [0.1, 0.15) is 58.3 Å². The highest BCUT2D eigenvalue weighted by molar-refractivity contribution is 4.90. The van der Waals surface area contributed by atoms with E-state index in [9.17, 15) is 0 Å². The van der Waals surface area contributed by atoms with Crippen LogP contribution in [-0.2, 0) is 0 Å². The van der Waals surface area contributed by atoms with Gasteiger partial charge in [-0.3, -0.25) is 4.90 Å². The lowest BCUT2D eigenvalue weighted by molar-refractivity contribution is 0.101. The lowest BCUT2D eigenvalue weighted by atomic mass is 9.80. The van der Waals surface area contributed by atoms with Crippen molar-refractivity contribution in [1.29, 1.82) is 0 Å². The Kier molecular flexibility index (Phi) is 5.30. The Bertz CT molecular complexity index is 209. The third kappa shape index (κ3) is 3.45. The summed E-state index contributed by atoms with van der Waals surface area (Å²) in [7, 11) is 2.15. The molecule has 0 aromatic carbocycles. The van der Waals surface area contributed by atoms with E-state index in [-0.39, 0.29) is 0 Å². The van der Waals surface area contributed by atoms with Crippen molar-refractivity contribution in [1.82, 2.24) is 10.2 Å². The maximum atomic E-state index is 3.57. The number of nitrogens with one attached hydrogen (secondary N) is 1. The molecule has 2 aliphatic rings. The van der Waals surface area contributed by atoms with Crippen molar-refractivity contribution in [3.63, 3.8) is 0 Å². The lowest BCUT2D eigenvalue weighted by Gasteiger charge is -2.42. The van der Waals surface area contributed by atoms with Crippen LogP contribution in [-0.4, -0.2) is 37.1 Å². The fraction of sp³-hybridized carbons (Fsp3) is 1.00. The molecule has 3 unspecified atom stereocenters. The van der Waals surface area contributed by atoms with Crippen LogP contribution in [0.15, 0.2) is 0 Å². The Balaban J connectivity index is 1.97. The van der Waals surface area contributed by atoms with Gasteiger partial charge in [0.25, 0.3) is 0 Å². The first-order valence-electron chi connectivity index (χ1n) is 7.76. The van der Waals surface area contributed by atoms with Crippen molar-refractivity contribution in [2.45, 2.75) is 70.4 Å². The largest absolute Gasteiger partial charge is 0.315 e. The van der Waals surface area contributed by atoms with E-state index in [1.165, 1.54) is 64.5 Å². The summed E-state index contributed by atoms with van der Waals surface area (Å²) in [5.41, 5.74) is 0. The van der Waals surface area contributed by atoms with E-state index in [1.807, 2.05) is 0 Å². The molecule has 1 heterocycles. The minimum atomic E-state index is 0.746. The zero-order chi connectivity index (χ0) is 12.1. The van der Waals surface area contributed by atoms with Crippen LogP contribution < -0.4 is 5.32 Å². The van der Waals surface area contributed by atoms with Crippen molar-refractivity contribution in [2.24, 2.45) is 5.92 Å². The second-order valence-electron chi connectivity index (χ2n) is 6.00. The van der Waals surface area contributed by atoms with E-state index in [0.717, 1.165) is 18.0 Å². The van der Waals surface area contributed by atoms with E-state index >= 15 is 0 Å². The summed E-state index contributed by atoms with van der Waals surface area (Å²) in [5, 5.41) is 3.57. The first kappa shape index (κ1) is 13.4. The molecule has 0 aromatic heterocycles. The molecule has 0 radical (unpaired) electrons. The Labute approximate surface area is 107 Å². The molecule has 0 spiro atoms. The van der Waals surface area contributed by atoms with Crippen LogP contribution >= 0.6 is 0 Å². The molecular weight excluding hydrogens is 208 g/mol. The molecule has 1 saturated carbocycles. The minimum absolute atomic E-state index is 0.746. The van der Waals surface area contributed by atoms with Crippen LogP contribution in [0.5, 0.6) is 0 Å². The molecule has 1 N–H and O–H groups in total. The highest BCUT2D eigenvalue weighted by Gasteiger charge is 2.32. The summed E-state index contributed by atoms with van der Waals surface area (Å²) < 4.78 is 0. The molecule has 0 amide bonds. The van der Waals surface area contributed by atoms with Crippen molar-refractivity contribution in [3.8, 4) is 0 Å². The van der Waals surface area contributed by atoms with Gasteiger partial charge < -0.3 is 5.32 Å². The number of likely N-dealkylation sites (N-methyl/N-ethyl adjacent to an activating group) is 1. The van der Waals surface area contributed by atoms with Gasteiger partial charge in [0.1, 0.15) is 0 Å². The van der Waals surface area contributed by atoms with Gasteiger partial charge in [-0.1, -0.05) is 26.2 Å². The molecule has 2 rings (SSSR count). The average Bonchev–Trinajstić information content (AvgIpc) is 2.66. The monoisotopic (exact) mass is 238 g/mol. The summed E-state index contributed by atoms with van der Waals surface area (Å²) in [6.45, 7) is 5.06. The predicted molar refractivity (Wildman–Crippen MR) is 74.3 cm³/mol. The second-order valence-corrected chi connectivity index (χ2v) is 6.00. The predicted octanol–water partition coefficient (Wildman–Crippen LogP) is 3.03. The standard InChI is InChI=1S/C15H30N2/c1-3-13-8-9-14(16-2)15(12-13)17-10-6-4-5-7-11-17/h13-16H,3-12H2,1-2H3. The van der Waals surface area contributed by atoms with Gasteiger partial charge in [-0.25, -0.2) is 0 Å². The first-order valence-corrected chi connectivity index (χ1v) is 7.76. The summed E-state index contributed by atoms with van der Waals surface area (Å²) in [6, 6.07) is 1.56. The number of hydrogen-bond donors (Lipinski definition) is 1. The molecule has 17 heavy (non-hydrogen) atoms. The lowest BCUT2D eigenvalue weighted by Crippen LogP contribution is -2.52. The Morgan fingerprint density at radius 1 is 1.06 bits per heavy atom. The first-order chi connectivity index (χ1) is 8.35. The fourth-order valence-electron chi connectivity index (χ4n) is 3.77. The van der Waals surface area contributed by atoms with Crippen LogP contribution in [0, 0.1) is 5.92 Å². The van der Waals surface area contributed by atoms with Crippen molar-refractivity contribution in [3.05, 3.63) is 0 Å². The van der Waals surface area contributed by atoms with E-state index in [0.29, 0.717) is 0 Å². The summed E-state index contributed by atoms with van der Waals surface area (Å²) in [5.74, 6) is 0.979. The average molecular weight is 238 g/mol. The topological polar surface area (TPSA) is 15.3 Å². The minimum Gasteiger partial charge on any atom is -0.315 e. The SMILES string of the molecule is CCC1CCC(NC)C(N2CCCCCC2)C1. The molecule has 100 valence electrons. The van der Waals surface area contributed by atoms with E-state index in [1.54, 1.807) is 0 Å². The maximum Gasteiger partial charge on any atom is 0.0251 e. The number of rotatable bonds is 3. The molecule has 2 nitrogen and oxygen atoms in total.